The third kappa shape index (κ3) is 4.54. The van der Waals surface area contributed by atoms with Crippen LogP contribution >= 0.6 is 22.9 Å². The van der Waals surface area contributed by atoms with Crippen LogP contribution in [0.3, 0.4) is 0 Å². The zero-order chi connectivity index (χ0) is 22.7. The van der Waals surface area contributed by atoms with E-state index in [9.17, 15) is 13.2 Å². The second-order valence-electron chi connectivity index (χ2n) is 7.02. The number of nitrogens with zero attached hydrogens (tertiary/aromatic N) is 2. The molecule has 1 aromatic heterocycles. The van der Waals surface area contributed by atoms with Gasteiger partial charge in [-0.25, -0.2) is 13.4 Å². The third-order valence-electron chi connectivity index (χ3n) is 4.99. The number of hydrogen-bond donors (Lipinski definition) is 1. The Balaban J connectivity index is 1.53. The number of halogens is 1. The van der Waals surface area contributed by atoms with Crippen LogP contribution in [0, 0.1) is 0 Å². The summed E-state index contributed by atoms with van der Waals surface area (Å²) < 4.78 is 28.4. The molecule has 0 aliphatic carbocycles. The smallest absolute Gasteiger partial charge is 0.255 e. The van der Waals surface area contributed by atoms with Gasteiger partial charge in [0.15, 0.2) is 0 Å². The predicted molar refractivity (Wildman–Crippen MR) is 129 cm³/mol. The molecule has 4 rings (SSSR count). The molecule has 1 heterocycles. The van der Waals surface area contributed by atoms with E-state index in [-0.39, 0.29) is 17.3 Å². The highest BCUT2D eigenvalue weighted by Gasteiger charge is 2.23. The van der Waals surface area contributed by atoms with E-state index in [4.69, 9.17) is 11.6 Å². The maximum Gasteiger partial charge on any atom is 0.255 e. The Labute approximate surface area is 195 Å². The maximum atomic E-state index is 13.1. The molecule has 0 saturated carbocycles. The summed E-state index contributed by atoms with van der Waals surface area (Å²) >= 11 is 7.53. The monoisotopic (exact) mass is 485 g/mol. The molecule has 0 radical (unpaired) electrons. The Morgan fingerprint density at radius 2 is 1.78 bits per heavy atom. The van der Waals surface area contributed by atoms with Crippen molar-refractivity contribution >= 4 is 54.8 Å². The van der Waals surface area contributed by atoms with Gasteiger partial charge in [0, 0.05) is 18.7 Å². The molecular weight excluding hydrogens is 466 g/mol. The number of rotatable bonds is 7. The lowest BCUT2D eigenvalue weighted by molar-refractivity contribution is 0.102. The Hall–Kier alpha value is -2.78. The van der Waals surface area contributed by atoms with Crippen LogP contribution in [0.25, 0.3) is 10.2 Å². The summed E-state index contributed by atoms with van der Waals surface area (Å²) in [5, 5.41) is 3.37. The average Bonchev–Trinajstić information content (AvgIpc) is 3.31. The molecule has 0 bridgehead atoms. The zero-order valence-electron chi connectivity index (χ0n) is 17.2. The van der Waals surface area contributed by atoms with Crippen molar-refractivity contribution in [1.82, 2.24) is 9.29 Å². The number of aromatic nitrogens is 1. The van der Waals surface area contributed by atoms with Gasteiger partial charge in [-0.1, -0.05) is 48.9 Å². The topological polar surface area (TPSA) is 79.4 Å². The summed E-state index contributed by atoms with van der Waals surface area (Å²) in [5.41, 5.74) is 4.16. The first kappa shape index (κ1) is 22.4. The van der Waals surface area contributed by atoms with Crippen molar-refractivity contribution in [3.63, 3.8) is 0 Å². The molecule has 6 nitrogen and oxygen atoms in total. The Kier molecular flexibility index (Phi) is 6.57. The predicted octanol–water partition coefficient (Wildman–Crippen LogP) is 5.41. The molecule has 0 fully saturated rings. The minimum Gasteiger partial charge on any atom is -0.321 e. The number of hydrogen-bond acceptors (Lipinski definition) is 5. The quantitative estimate of drug-likeness (QED) is 0.379. The van der Waals surface area contributed by atoms with Gasteiger partial charge in [-0.2, -0.15) is 4.31 Å². The molecule has 0 spiro atoms. The number of sulfonamides is 1. The number of carbonyl (C=O) groups is 1. The van der Waals surface area contributed by atoms with Crippen molar-refractivity contribution in [3.8, 4) is 0 Å². The highest BCUT2D eigenvalue weighted by Crippen LogP contribution is 2.32. The van der Waals surface area contributed by atoms with Crippen LogP contribution in [0.2, 0.25) is 5.02 Å². The lowest BCUT2D eigenvalue weighted by Crippen LogP contribution is -2.30. The van der Waals surface area contributed by atoms with E-state index >= 15 is 0 Å². The molecule has 1 N–H and O–H groups in total. The number of amides is 1. The fourth-order valence-corrected chi connectivity index (χ4v) is 5.78. The third-order valence-corrected chi connectivity index (χ3v) is 8.09. The second-order valence-corrected chi connectivity index (χ2v) is 10.2. The van der Waals surface area contributed by atoms with Gasteiger partial charge in [0.05, 0.1) is 25.8 Å². The molecule has 1 amide bonds. The van der Waals surface area contributed by atoms with Crippen LogP contribution in [0.15, 0.2) is 77.1 Å². The largest absolute Gasteiger partial charge is 0.321 e. The molecule has 0 unspecified atom stereocenters. The fourth-order valence-electron chi connectivity index (χ4n) is 3.29. The van der Waals surface area contributed by atoms with E-state index < -0.39 is 10.0 Å². The van der Waals surface area contributed by atoms with E-state index in [0.29, 0.717) is 28.3 Å². The average molecular weight is 486 g/mol. The summed E-state index contributed by atoms with van der Waals surface area (Å²) in [4.78, 5) is 17.1. The highest BCUT2D eigenvalue weighted by atomic mass is 35.5. The van der Waals surface area contributed by atoms with Gasteiger partial charge < -0.3 is 5.32 Å². The van der Waals surface area contributed by atoms with Crippen LogP contribution in [-0.4, -0.2) is 30.2 Å². The minimum atomic E-state index is -3.70. The van der Waals surface area contributed by atoms with Crippen LogP contribution in [0.5, 0.6) is 0 Å². The summed E-state index contributed by atoms with van der Waals surface area (Å²) in [5.74, 6) is -0.345. The van der Waals surface area contributed by atoms with Crippen molar-refractivity contribution in [2.45, 2.75) is 18.4 Å². The molecule has 0 saturated heterocycles. The van der Waals surface area contributed by atoms with Crippen LogP contribution in [0.1, 0.15) is 22.8 Å². The van der Waals surface area contributed by atoms with Crippen LogP contribution < -0.4 is 5.32 Å². The molecule has 9 heteroatoms. The summed E-state index contributed by atoms with van der Waals surface area (Å²) in [6, 6.07) is 18.8. The molecule has 4 aromatic rings. The van der Waals surface area contributed by atoms with Crippen molar-refractivity contribution in [2.24, 2.45) is 0 Å². The van der Waals surface area contributed by atoms with Gasteiger partial charge in [0.2, 0.25) is 10.0 Å². The maximum absolute atomic E-state index is 13.1. The first-order valence-corrected chi connectivity index (χ1v) is 12.6. The summed E-state index contributed by atoms with van der Waals surface area (Å²) in [6.45, 7) is 2.42. The highest BCUT2D eigenvalue weighted by molar-refractivity contribution is 7.89. The molecule has 3 aromatic carbocycles. The molecule has 0 aliphatic rings. The molecule has 0 atom stereocenters. The van der Waals surface area contributed by atoms with Crippen molar-refractivity contribution < 1.29 is 13.2 Å². The number of fused-ring (bicyclic) bond motifs is 1. The van der Waals surface area contributed by atoms with Gasteiger partial charge in [-0.3, -0.25) is 4.79 Å². The number of nitrogens with one attached hydrogen (secondary N) is 1. The van der Waals surface area contributed by atoms with Gasteiger partial charge in [-0.15, -0.1) is 11.3 Å². The summed E-state index contributed by atoms with van der Waals surface area (Å²) in [7, 11) is -3.70. The van der Waals surface area contributed by atoms with Crippen LogP contribution in [-0.2, 0) is 16.6 Å². The van der Waals surface area contributed by atoms with Gasteiger partial charge >= 0.3 is 0 Å². The normalized spacial score (nSPS) is 11.7. The Morgan fingerprint density at radius 3 is 2.47 bits per heavy atom. The number of benzene rings is 3. The van der Waals surface area contributed by atoms with E-state index in [0.717, 1.165) is 10.3 Å². The summed E-state index contributed by atoms with van der Waals surface area (Å²) in [6.07, 6.45) is 0. The molecule has 0 aliphatic heterocycles. The van der Waals surface area contributed by atoms with Crippen LogP contribution in [0.4, 0.5) is 5.69 Å². The van der Waals surface area contributed by atoms with E-state index in [2.05, 4.69) is 10.3 Å². The van der Waals surface area contributed by atoms with Crippen molar-refractivity contribution in [1.29, 1.82) is 0 Å². The number of thiazole rings is 1. The molecular formula is C23H20ClN3O3S2. The lowest BCUT2D eigenvalue weighted by Gasteiger charge is -2.20. The Morgan fingerprint density at radius 1 is 1.06 bits per heavy atom. The standard InChI is InChI=1S/C23H20ClN3O3S2/c1-2-27(14-16-6-4-3-5-7-16)32(29,30)18-10-8-17(9-11-18)23(28)26-20-13-12-19(24)21-22(20)31-15-25-21/h3-13,15H,2,14H2,1H3,(H,26,28). The van der Waals surface area contributed by atoms with Gasteiger partial charge in [0.25, 0.3) is 5.91 Å². The van der Waals surface area contributed by atoms with E-state index in [1.54, 1.807) is 24.6 Å². The van der Waals surface area contributed by atoms with E-state index in [1.807, 2.05) is 30.3 Å². The molecule has 32 heavy (non-hydrogen) atoms. The fraction of sp³-hybridized carbons (Fsp3) is 0.130. The Bertz CT molecular complexity index is 1350. The first-order chi connectivity index (χ1) is 15.4. The van der Waals surface area contributed by atoms with Gasteiger partial charge in [-0.05, 0) is 42.0 Å². The van der Waals surface area contributed by atoms with Gasteiger partial charge in [0.1, 0.15) is 5.52 Å². The van der Waals surface area contributed by atoms with Crippen molar-refractivity contribution in [2.75, 3.05) is 11.9 Å². The van der Waals surface area contributed by atoms with Crippen molar-refractivity contribution in [3.05, 3.63) is 88.4 Å². The number of anilines is 1. The first-order valence-electron chi connectivity index (χ1n) is 9.87. The van der Waals surface area contributed by atoms with E-state index in [1.165, 1.54) is 39.9 Å². The molecule has 164 valence electrons. The zero-order valence-corrected chi connectivity index (χ0v) is 19.5. The second kappa shape index (κ2) is 9.38. The lowest BCUT2D eigenvalue weighted by atomic mass is 10.2. The minimum absolute atomic E-state index is 0.142. The SMILES string of the molecule is CCN(Cc1ccccc1)S(=O)(=O)c1ccc(C(=O)Nc2ccc(Cl)c3ncsc23)cc1. The number of carbonyl (C=O) groups excluding carboxylic acids is 1.